The van der Waals surface area contributed by atoms with Crippen molar-refractivity contribution in [2.45, 2.75) is 38.8 Å². The van der Waals surface area contributed by atoms with Crippen LogP contribution in [0, 0.1) is 0 Å². The molecule has 1 amide bonds. The maximum absolute atomic E-state index is 12.2. The normalized spacial score (nSPS) is 19.8. The first-order valence-electron chi connectivity index (χ1n) is 11.5. The number of ether oxygens (including phenoxy) is 1. The van der Waals surface area contributed by atoms with Crippen molar-refractivity contribution < 1.29 is 9.53 Å². The summed E-state index contributed by atoms with van der Waals surface area (Å²) in [5.41, 5.74) is 6.73. The number of anilines is 2. The minimum atomic E-state index is 0.107. The lowest BCUT2D eigenvalue weighted by atomic mass is 10.0. The monoisotopic (exact) mass is 466 g/mol. The highest BCUT2D eigenvalue weighted by atomic mass is 35.5. The van der Waals surface area contributed by atoms with Gasteiger partial charge in [-0.25, -0.2) is 0 Å². The standard InChI is InChI=1S/C24H27ClN6O2/c1-15(32)29-6-4-22-20(13-29)24(27-31(22)18-5-8-33-14-18)30-7-3-16-9-21(25)19(10-23(16)30)17-11-26-28(2)12-17/h9-12,18H,3-8,13-14H2,1-2H3. The van der Waals surface area contributed by atoms with Crippen molar-refractivity contribution in [2.24, 2.45) is 7.05 Å². The molecule has 3 aromatic rings. The molecule has 2 aromatic heterocycles. The molecule has 1 atom stereocenters. The van der Waals surface area contributed by atoms with E-state index in [9.17, 15) is 4.79 Å². The zero-order valence-corrected chi connectivity index (χ0v) is 19.7. The SMILES string of the molecule is CC(=O)N1CCc2c(c(N3CCc4cc(Cl)c(-c5cnn(C)c5)cc43)nn2C2CCOC2)C1. The molecule has 9 heteroatoms. The average Bonchev–Trinajstić information content (AvgIpc) is 3.58. The van der Waals surface area contributed by atoms with Gasteiger partial charge in [-0.1, -0.05) is 11.6 Å². The van der Waals surface area contributed by atoms with Crippen molar-refractivity contribution in [3.8, 4) is 11.1 Å². The number of aromatic nitrogens is 4. The molecule has 3 aliphatic heterocycles. The quantitative estimate of drug-likeness (QED) is 0.591. The number of hydrogen-bond acceptors (Lipinski definition) is 5. The number of halogens is 1. The largest absolute Gasteiger partial charge is 0.379 e. The highest BCUT2D eigenvalue weighted by molar-refractivity contribution is 6.33. The summed E-state index contributed by atoms with van der Waals surface area (Å²) in [6.45, 7) is 5.29. The van der Waals surface area contributed by atoms with Gasteiger partial charge in [0.1, 0.15) is 0 Å². The van der Waals surface area contributed by atoms with Gasteiger partial charge < -0.3 is 14.5 Å². The third kappa shape index (κ3) is 3.43. The number of fused-ring (bicyclic) bond motifs is 2. The molecular weight excluding hydrogens is 440 g/mol. The molecule has 1 aromatic carbocycles. The molecule has 0 N–H and O–H groups in total. The summed E-state index contributed by atoms with van der Waals surface area (Å²) in [6.07, 6.45) is 6.53. The lowest BCUT2D eigenvalue weighted by Crippen LogP contribution is -2.35. The first-order chi connectivity index (χ1) is 16.0. The van der Waals surface area contributed by atoms with E-state index in [0.717, 1.165) is 72.2 Å². The molecule has 1 saturated heterocycles. The van der Waals surface area contributed by atoms with Gasteiger partial charge in [-0.3, -0.25) is 14.2 Å². The van der Waals surface area contributed by atoms with Crippen molar-refractivity contribution in [3.05, 3.63) is 46.4 Å². The van der Waals surface area contributed by atoms with E-state index in [2.05, 4.69) is 26.8 Å². The Morgan fingerprint density at radius 1 is 1.24 bits per heavy atom. The van der Waals surface area contributed by atoms with Crippen LogP contribution in [-0.4, -0.2) is 56.7 Å². The molecule has 0 radical (unpaired) electrons. The van der Waals surface area contributed by atoms with Crippen LogP contribution in [0.5, 0.6) is 0 Å². The molecule has 0 bridgehead atoms. The second-order valence-electron chi connectivity index (χ2n) is 9.17. The summed E-state index contributed by atoms with van der Waals surface area (Å²) in [7, 11) is 1.91. The third-order valence-corrected chi connectivity index (χ3v) is 7.41. The number of hydrogen-bond donors (Lipinski definition) is 0. The minimum Gasteiger partial charge on any atom is -0.379 e. The van der Waals surface area contributed by atoms with E-state index in [1.807, 2.05) is 24.3 Å². The van der Waals surface area contributed by atoms with Crippen molar-refractivity contribution >= 4 is 29.0 Å². The van der Waals surface area contributed by atoms with Crippen LogP contribution >= 0.6 is 11.6 Å². The van der Waals surface area contributed by atoms with Crippen LogP contribution in [-0.2, 0) is 36.0 Å². The smallest absolute Gasteiger partial charge is 0.219 e. The number of benzene rings is 1. The van der Waals surface area contributed by atoms with E-state index in [-0.39, 0.29) is 11.9 Å². The van der Waals surface area contributed by atoms with Crippen LogP contribution in [0.15, 0.2) is 24.5 Å². The molecule has 172 valence electrons. The molecule has 1 fully saturated rings. The summed E-state index contributed by atoms with van der Waals surface area (Å²) in [5, 5.41) is 10.2. The zero-order chi connectivity index (χ0) is 22.7. The van der Waals surface area contributed by atoms with Crippen molar-refractivity contribution in [1.82, 2.24) is 24.5 Å². The molecule has 1 unspecified atom stereocenters. The van der Waals surface area contributed by atoms with Gasteiger partial charge in [0, 0.05) is 79.4 Å². The van der Waals surface area contributed by atoms with E-state index in [0.29, 0.717) is 13.2 Å². The Morgan fingerprint density at radius 2 is 2.12 bits per heavy atom. The lowest BCUT2D eigenvalue weighted by Gasteiger charge is -2.28. The van der Waals surface area contributed by atoms with E-state index in [1.54, 1.807) is 11.6 Å². The molecule has 33 heavy (non-hydrogen) atoms. The average molecular weight is 467 g/mol. The molecule has 6 rings (SSSR count). The Balaban J connectivity index is 1.45. The summed E-state index contributed by atoms with van der Waals surface area (Å²) in [4.78, 5) is 16.4. The Labute approximate surface area is 197 Å². The lowest BCUT2D eigenvalue weighted by molar-refractivity contribution is -0.129. The molecule has 0 aliphatic carbocycles. The van der Waals surface area contributed by atoms with E-state index < -0.39 is 0 Å². The number of carbonyl (C=O) groups is 1. The van der Waals surface area contributed by atoms with Crippen LogP contribution in [0.3, 0.4) is 0 Å². The fourth-order valence-corrected chi connectivity index (χ4v) is 5.64. The highest BCUT2D eigenvalue weighted by Gasteiger charge is 2.34. The van der Waals surface area contributed by atoms with Crippen molar-refractivity contribution in [1.29, 1.82) is 0 Å². The van der Waals surface area contributed by atoms with Gasteiger partial charge in [0.2, 0.25) is 5.91 Å². The van der Waals surface area contributed by atoms with Gasteiger partial charge in [0.05, 0.1) is 25.4 Å². The minimum absolute atomic E-state index is 0.107. The van der Waals surface area contributed by atoms with Crippen LogP contribution in [0.1, 0.15) is 36.2 Å². The topological polar surface area (TPSA) is 68.4 Å². The van der Waals surface area contributed by atoms with Crippen LogP contribution in [0.4, 0.5) is 11.5 Å². The first kappa shape index (κ1) is 20.7. The van der Waals surface area contributed by atoms with Gasteiger partial charge in [-0.15, -0.1) is 0 Å². The fourth-order valence-electron chi connectivity index (χ4n) is 5.34. The Hall–Kier alpha value is -2.84. The van der Waals surface area contributed by atoms with Gasteiger partial charge in [0.15, 0.2) is 5.82 Å². The van der Waals surface area contributed by atoms with Gasteiger partial charge >= 0.3 is 0 Å². The zero-order valence-electron chi connectivity index (χ0n) is 18.9. The van der Waals surface area contributed by atoms with Crippen molar-refractivity contribution in [2.75, 3.05) is 31.2 Å². The maximum atomic E-state index is 12.2. The highest BCUT2D eigenvalue weighted by Crippen LogP contribution is 2.43. The van der Waals surface area contributed by atoms with Crippen LogP contribution < -0.4 is 4.90 Å². The number of nitrogens with zero attached hydrogens (tertiary/aromatic N) is 6. The number of aryl methyl sites for hydroxylation is 1. The summed E-state index contributed by atoms with van der Waals surface area (Å²) in [5.74, 6) is 1.07. The van der Waals surface area contributed by atoms with Crippen molar-refractivity contribution in [3.63, 3.8) is 0 Å². The van der Waals surface area contributed by atoms with Gasteiger partial charge in [-0.2, -0.15) is 10.2 Å². The molecule has 5 heterocycles. The fraction of sp³-hybridized carbons (Fsp3) is 0.458. The number of amides is 1. The molecule has 0 saturated carbocycles. The third-order valence-electron chi connectivity index (χ3n) is 7.10. The predicted octanol–water partition coefficient (Wildman–Crippen LogP) is 3.50. The van der Waals surface area contributed by atoms with E-state index in [1.165, 1.54) is 11.3 Å². The molecular formula is C24H27ClN6O2. The summed E-state index contributed by atoms with van der Waals surface area (Å²) in [6, 6.07) is 4.50. The number of rotatable bonds is 3. The van der Waals surface area contributed by atoms with Crippen LogP contribution in [0.2, 0.25) is 5.02 Å². The van der Waals surface area contributed by atoms with Gasteiger partial charge in [0.25, 0.3) is 0 Å². The second-order valence-corrected chi connectivity index (χ2v) is 9.57. The first-order valence-corrected chi connectivity index (χ1v) is 11.9. The van der Waals surface area contributed by atoms with Gasteiger partial charge in [-0.05, 0) is 30.5 Å². The summed E-state index contributed by atoms with van der Waals surface area (Å²) < 4.78 is 9.64. The van der Waals surface area contributed by atoms with Crippen LogP contribution in [0.25, 0.3) is 11.1 Å². The summed E-state index contributed by atoms with van der Waals surface area (Å²) >= 11 is 6.67. The Morgan fingerprint density at radius 3 is 2.85 bits per heavy atom. The van der Waals surface area contributed by atoms with E-state index in [4.69, 9.17) is 21.4 Å². The molecule has 3 aliphatic rings. The van der Waals surface area contributed by atoms with E-state index >= 15 is 0 Å². The predicted molar refractivity (Wildman–Crippen MR) is 126 cm³/mol. The molecule has 8 nitrogen and oxygen atoms in total. The number of carbonyl (C=O) groups excluding carboxylic acids is 1. The Bertz CT molecular complexity index is 1240. The second kappa shape index (κ2) is 7.88. The maximum Gasteiger partial charge on any atom is 0.219 e. The Kier molecular flexibility index (Phi) is 4.96. The molecule has 0 spiro atoms.